The average molecular weight is 314 g/mol. The molecule has 0 aliphatic heterocycles. The molecule has 0 radical (unpaired) electrons. The fraction of sp³-hybridized carbons (Fsp3) is 0.889. The monoisotopic (exact) mass is 314 g/mol. The first-order chi connectivity index (χ1) is 10.6. The molecule has 0 rings (SSSR count). The fourth-order valence-corrected chi connectivity index (χ4v) is 2.14. The van der Waals surface area contributed by atoms with E-state index >= 15 is 0 Å². The number of unbranched alkanes of at least 4 members (excludes halogenated alkanes) is 5. The molecule has 0 aromatic heterocycles. The quantitative estimate of drug-likeness (QED) is 0.341. The maximum absolute atomic E-state index is 11.7. The van der Waals surface area contributed by atoms with Crippen LogP contribution >= 0.6 is 0 Å². The molecule has 0 aliphatic rings. The van der Waals surface area contributed by atoms with Gasteiger partial charge in [0, 0.05) is 12.8 Å². The first kappa shape index (κ1) is 20.9. The van der Waals surface area contributed by atoms with Crippen LogP contribution in [0.25, 0.3) is 0 Å². The highest BCUT2D eigenvalue weighted by Crippen LogP contribution is 2.10. The molecule has 0 aliphatic carbocycles. The third-order valence-electron chi connectivity index (χ3n) is 3.57. The van der Waals surface area contributed by atoms with Gasteiger partial charge in [-0.05, 0) is 39.0 Å². The third-order valence-corrected chi connectivity index (χ3v) is 3.57. The van der Waals surface area contributed by atoms with Crippen molar-refractivity contribution < 1.29 is 19.1 Å². The first-order valence-electron chi connectivity index (χ1n) is 8.95. The lowest BCUT2D eigenvalue weighted by Gasteiger charge is -2.13. The molecule has 4 nitrogen and oxygen atoms in total. The van der Waals surface area contributed by atoms with Gasteiger partial charge in [0.15, 0.2) is 0 Å². The Balaban J connectivity index is 3.50. The summed E-state index contributed by atoms with van der Waals surface area (Å²) >= 11 is 0. The summed E-state index contributed by atoms with van der Waals surface area (Å²) in [4.78, 5) is 23.0. The lowest BCUT2D eigenvalue weighted by atomic mass is 10.1. The molecule has 0 aromatic carbocycles. The van der Waals surface area contributed by atoms with Gasteiger partial charge in [-0.1, -0.05) is 39.5 Å². The van der Waals surface area contributed by atoms with E-state index < -0.39 is 0 Å². The van der Waals surface area contributed by atoms with Crippen LogP contribution < -0.4 is 0 Å². The van der Waals surface area contributed by atoms with Crippen LogP contribution in [0.3, 0.4) is 0 Å². The van der Waals surface area contributed by atoms with Gasteiger partial charge in [-0.25, -0.2) is 0 Å². The first-order valence-corrected chi connectivity index (χ1v) is 8.95. The lowest BCUT2D eigenvalue weighted by Crippen LogP contribution is -2.14. The summed E-state index contributed by atoms with van der Waals surface area (Å²) in [7, 11) is 0. The Hall–Kier alpha value is -1.06. The number of ether oxygens (including phenoxy) is 2. The number of hydrogen-bond acceptors (Lipinski definition) is 4. The lowest BCUT2D eigenvalue weighted by molar-refractivity contribution is -0.149. The van der Waals surface area contributed by atoms with E-state index in [4.69, 9.17) is 9.47 Å². The van der Waals surface area contributed by atoms with Crippen molar-refractivity contribution in [3.63, 3.8) is 0 Å². The van der Waals surface area contributed by atoms with Crippen LogP contribution in [0.15, 0.2) is 0 Å². The van der Waals surface area contributed by atoms with Crippen LogP contribution in [0, 0.1) is 0 Å². The van der Waals surface area contributed by atoms with Gasteiger partial charge < -0.3 is 9.47 Å². The van der Waals surface area contributed by atoms with Gasteiger partial charge in [-0.3, -0.25) is 9.59 Å². The maximum atomic E-state index is 11.7. The standard InChI is InChI=1S/C18H34O4/c1-4-6-8-9-12-16(3)22-18(20)14-11-10-13-17(19)21-15-7-5-2/h16H,4-15H2,1-3H3. The van der Waals surface area contributed by atoms with E-state index in [-0.39, 0.29) is 18.0 Å². The Kier molecular flexibility index (Phi) is 14.1. The van der Waals surface area contributed by atoms with Gasteiger partial charge >= 0.3 is 11.9 Å². The van der Waals surface area contributed by atoms with E-state index in [1.165, 1.54) is 19.3 Å². The zero-order valence-corrected chi connectivity index (χ0v) is 14.7. The Labute approximate surface area is 135 Å². The Morgan fingerprint density at radius 1 is 0.818 bits per heavy atom. The van der Waals surface area contributed by atoms with Crippen LogP contribution in [-0.2, 0) is 19.1 Å². The molecule has 0 heterocycles. The molecule has 0 amide bonds. The van der Waals surface area contributed by atoms with E-state index in [2.05, 4.69) is 13.8 Å². The average Bonchev–Trinajstić information content (AvgIpc) is 2.48. The molecule has 4 heteroatoms. The van der Waals surface area contributed by atoms with Crippen molar-refractivity contribution in [3.8, 4) is 0 Å². The number of hydrogen-bond donors (Lipinski definition) is 0. The summed E-state index contributed by atoms with van der Waals surface area (Å²) in [6.45, 7) is 6.70. The van der Waals surface area contributed by atoms with Crippen LogP contribution in [0.4, 0.5) is 0 Å². The molecule has 0 saturated heterocycles. The van der Waals surface area contributed by atoms with E-state index in [1.807, 2.05) is 6.92 Å². The highest BCUT2D eigenvalue weighted by molar-refractivity contribution is 5.70. The van der Waals surface area contributed by atoms with Crippen LogP contribution in [-0.4, -0.2) is 24.6 Å². The second-order valence-electron chi connectivity index (χ2n) is 5.93. The predicted octanol–water partition coefficient (Wildman–Crippen LogP) is 4.79. The van der Waals surface area contributed by atoms with Crippen molar-refractivity contribution in [2.45, 2.75) is 97.5 Å². The summed E-state index contributed by atoms with van der Waals surface area (Å²) in [6, 6.07) is 0. The van der Waals surface area contributed by atoms with E-state index in [9.17, 15) is 9.59 Å². The second kappa shape index (κ2) is 14.9. The number of carbonyl (C=O) groups excluding carboxylic acids is 2. The van der Waals surface area contributed by atoms with Crippen molar-refractivity contribution in [1.29, 1.82) is 0 Å². The Morgan fingerprint density at radius 2 is 1.45 bits per heavy atom. The van der Waals surface area contributed by atoms with E-state index in [0.717, 1.165) is 25.7 Å². The molecular formula is C18H34O4. The van der Waals surface area contributed by atoms with Gasteiger partial charge in [0.2, 0.25) is 0 Å². The van der Waals surface area contributed by atoms with Gasteiger partial charge in [0.1, 0.15) is 0 Å². The van der Waals surface area contributed by atoms with Crippen LogP contribution in [0.5, 0.6) is 0 Å². The summed E-state index contributed by atoms with van der Waals surface area (Å²) in [5.41, 5.74) is 0. The van der Waals surface area contributed by atoms with Crippen molar-refractivity contribution in [1.82, 2.24) is 0 Å². The largest absolute Gasteiger partial charge is 0.466 e. The summed E-state index contributed by atoms with van der Waals surface area (Å²) < 4.78 is 10.4. The molecule has 0 fully saturated rings. The zero-order valence-electron chi connectivity index (χ0n) is 14.7. The van der Waals surface area contributed by atoms with Gasteiger partial charge in [-0.15, -0.1) is 0 Å². The van der Waals surface area contributed by atoms with Crippen molar-refractivity contribution in [3.05, 3.63) is 0 Å². The molecule has 1 unspecified atom stereocenters. The molecule has 0 aromatic rings. The minimum Gasteiger partial charge on any atom is -0.466 e. The van der Waals surface area contributed by atoms with Gasteiger partial charge in [-0.2, -0.15) is 0 Å². The van der Waals surface area contributed by atoms with E-state index in [0.29, 0.717) is 32.3 Å². The Morgan fingerprint density at radius 3 is 2.09 bits per heavy atom. The minimum absolute atomic E-state index is 0.00312. The topological polar surface area (TPSA) is 52.6 Å². The highest BCUT2D eigenvalue weighted by atomic mass is 16.5. The molecule has 0 spiro atoms. The predicted molar refractivity (Wildman–Crippen MR) is 88.6 cm³/mol. The number of esters is 2. The second-order valence-corrected chi connectivity index (χ2v) is 5.93. The SMILES string of the molecule is CCCCCCC(C)OC(=O)CCCCC(=O)OCCCC. The number of carbonyl (C=O) groups is 2. The third kappa shape index (κ3) is 13.9. The zero-order chi connectivity index (χ0) is 16.6. The summed E-state index contributed by atoms with van der Waals surface area (Å²) in [5, 5.41) is 0. The summed E-state index contributed by atoms with van der Waals surface area (Å²) in [5.74, 6) is -0.312. The maximum Gasteiger partial charge on any atom is 0.306 e. The molecule has 0 N–H and O–H groups in total. The normalized spacial score (nSPS) is 12.0. The summed E-state index contributed by atoms with van der Waals surface area (Å²) in [6.07, 6.45) is 9.82. The molecule has 1 atom stereocenters. The molecule has 0 saturated carbocycles. The van der Waals surface area contributed by atoms with Crippen molar-refractivity contribution >= 4 is 11.9 Å². The molecule has 130 valence electrons. The van der Waals surface area contributed by atoms with Crippen LogP contribution in [0.1, 0.15) is 91.4 Å². The smallest absolute Gasteiger partial charge is 0.306 e. The molecular weight excluding hydrogens is 280 g/mol. The van der Waals surface area contributed by atoms with Gasteiger partial charge in [0.25, 0.3) is 0 Å². The van der Waals surface area contributed by atoms with Crippen LogP contribution in [0.2, 0.25) is 0 Å². The highest BCUT2D eigenvalue weighted by Gasteiger charge is 2.10. The minimum atomic E-state index is -0.161. The van der Waals surface area contributed by atoms with Gasteiger partial charge in [0.05, 0.1) is 12.7 Å². The number of rotatable bonds is 14. The van der Waals surface area contributed by atoms with Crippen molar-refractivity contribution in [2.75, 3.05) is 6.61 Å². The van der Waals surface area contributed by atoms with Crippen molar-refractivity contribution in [2.24, 2.45) is 0 Å². The molecule has 22 heavy (non-hydrogen) atoms. The Bertz CT molecular complexity index is 289. The molecule has 0 bridgehead atoms. The van der Waals surface area contributed by atoms with E-state index in [1.54, 1.807) is 0 Å². The fourth-order valence-electron chi connectivity index (χ4n) is 2.14.